The molecule has 0 amide bonds. The molecule has 1 nitrogen and oxygen atoms in total. The van der Waals surface area contributed by atoms with Gasteiger partial charge in [-0.3, -0.25) is 0 Å². The van der Waals surface area contributed by atoms with Crippen molar-refractivity contribution in [2.45, 2.75) is 58.0 Å². The molecule has 3 rings (SSSR count). The van der Waals surface area contributed by atoms with Crippen molar-refractivity contribution in [1.29, 1.82) is 0 Å². The first kappa shape index (κ1) is 14.3. The molecule has 0 bridgehead atoms. The van der Waals surface area contributed by atoms with Crippen LogP contribution in [0.1, 0.15) is 51.9 Å². The Balaban J connectivity index is 1.51. The quantitative estimate of drug-likeness (QED) is 0.668. The number of rotatable bonds is 1. The summed E-state index contributed by atoms with van der Waals surface area (Å²) in [5, 5.41) is 0. The number of allylic oxidation sites excluding steroid dienone is 1. The van der Waals surface area contributed by atoms with E-state index in [0.717, 1.165) is 18.4 Å². The average molecular weight is 299 g/mol. The fourth-order valence-corrected chi connectivity index (χ4v) is 6.25. The number of thioether (sulfide) groups is 2. The normalized spacial score (nSPS) is 37.4. The van der Waals surface area contributed by atoms with Gasteiger partial charge in [-0.1, -0.05) is 12.5 Å². The maximum Gasteiger partial charge on any atom is 0.0603 e. The van der Waals surface area contributed by atoms with Crippen LogP contribution in [0.4, 0.5) is 0 Å². The minimum absolute atomic E-state index is 0.578. The fraction of sp³-hybridized carbons (Fsp3) is 0.875. The van der Waals surface area contributed by atoms with E-state index in [1.54, 1.807) is 9.81 Å². The predicted octanol–water partition coefficient (Wildman–Crippen LogP) is 5.07. The summed E-state index contributed by atoms with van der Waals surface area (Å²) in [5.74, 6) is 4.32. The number of hydrogen-bond donors (Lipinski definition) is 0. The SMILES string of the molecule is CC1CCC(C2CCC(=C3SCCCS3)CC2)OC1. The van der Waals surface area contributed by atoms with Crippen molar-refractivity contribution in [3.63, 3.8) is 0 Å². The average Bonchev–Trinajstić information content (AvgIpc) is 2.49. The highest BCUT2D eigenvalue weighted by molar-refractivity contribution is 8.22. The third-order valence-corrected chi connectivity index (χ3v) is 7.54. The van der Waals surface area contributed by atoms with Crippen molar-refractivity contribution in [3.8, 4) is 0 Å². The molecule has 0 aromatic rings. The molecule has 108 valence electrons. The standard InChI is InChI=1S/C16H26OS2/c1-12-3-8-15(17-11-12)13-4-6-14(7-5-13)16-18-9-2-10-19-16/h12-13,15H,2-11H2,1H3. The zero-order chi connectivity index (χ0) is 13.1. The molecule has 2 heterocycles. The van der Waals surface area contributed by atoms with E-state index in [1.807, 2.05) is 0 Å². The molecular weight excluding hydrogens is 272 g/mol. The highest BCUT2D eigenvalue weighted by Gasteiger charge is 2.30. The maximum atomic E-state index is 6.08. The van der Waals surface area contributed by atoms with Crippen LogP contribution in [-0.4, -0.2) is 24.2 Å². The van der Waals surface area contributed by atoms with Crippen molar-refractivity contribution >= 4 is 23.5 Å². The second-order valence-electron chi connectivity index (χ2n) is 6.33. The van der Waals surface area contributed by atoms with Gasteiger partial charge in [-0.05, 0) is 68.3 Å². The monoisotopic (exact) mass is 298 g/mol. The first-order valence-corrected chi connectivity index (χ1v) is 9.89. The summed E-state index contributed by atoms with van der Waals surface area (Å²) >= 11 is 4.24. The van der Waals surface area contributed by atoms with Gasteiger partial charge in [-0.2, -0.15) is 0 Å². The van der Waals surface area contributed by atoms with Crippen LogP contribution < -0.4 is 0 Å². The van der Waals surface area contributed by atoms with Gasteiger partial charge in [-0.25, -0.2) is 0 Å². The molecule has 1 aliphatic carbocycles. The first-order valence-electron chi connectivity index (χ1n) is 7.92. The van der Waals surface area contributed by atoms with Crippen LogP contribution in [0, 0.1) is 11.8 Å². The molecule has 0 aromatic heterocycles. The molecule has 2 saturated heterocycles. The van der Waals surface area contributed by atoms with Gasteiger partial charge in [0.05, 0.1) is 6.10 Å². The van der Waals surface area contributed by atoms with Crippen LogP contribution in [0.15, 0.2) is 9.81 Å². The predicted molar refractivity (Wildman–Crippen MR) is 86.7 cm³/mol. The van der Waals surface area contributed by atoms with E-state index in [4.69, 9.17) is 4.74 Å². The summed E-state index contributed by atoms with van der Waals surface area (Å²) < 4.78 is 7.77. The van der Waals surface area contributed by atoms with Crippen molar-refractivity contribution in [2.75, 3.05) is 18.1 Å². The van der Waals surface area contributed by atoms with E-state index in [0.29, 0.717) is 6.10 Å². The van der Waals surface area contributed by atoms with Crippen molar-refractivity contribution in [3.05, 3.63) is 9.81 Å². The van der Waals surface area contributed by atoms with Crippen molar-refractivity contribution in [1.82, 2.24) is 0 Å². The van der Waals surface area contributed by atoms with E-state index in [9.17, 15) is 0 Å². The first-order chi connectivity index (χ1) is 9.33. The van der Waals surface area contributed by atoms with Crippen LogP contribution in [0.5, 0.6) is 0 Å². The summed E-state index contributed by atoms with van der Waals surface area (Å²) in [7, 11) is 0. The molecule has 0 spiro atoms. The second kappa shape index (κ2) is 6.91. The Kier molecular flexibility index (Phi) is 5.21. The smallest absolute Gasteiger partial charge is 0.0603 e. The summed E-state index contributed by atoms with van der Waals surface area (Å²) in [6, 6.07) is 0. The van der Waals surface area contributed by atoms with Gasteiger partial charge in [0.15, 0.2) is 0 Å². The van der Waals surface area contributed by atoms with E-state index < -0.39 is 0 Å². The fourth-order valence-electron chi connectivity index (χ4n) is 3.47. The largest absolute Gasteiger partial charge is 0.378 e. The zero-order valence-electron chi connectivity index (χ0n) is 12.0. The van der Waals surface area contributed by atoms with Crippen LogP contribution >= 0.6 is 23.5 Å². The maximum absolute atomic E-state index is 6.08. The van der Waals surface area contributed by atoms with Crippen LogP contribution in [0.2, 0.25) is 0 Å². The highest BCUT2D eigenvalue weighted by atomic mass is 32.2. The van der Waals surface area contributed by atoms with Gasteiger partial charge < -0.3 is 4.74 Å². The Morgan fingerprint density at radius 1 is 1.00 bits per heavy atom. The molecule has 1 saturated carbocycles. The molecule has 0 N–H and O–H groups in total. The molecule has 19 heavy (non-hydrogen) atoms. The lowest BCUT2D eigenvalue weighted by Gasteiger charge is -2.36. The lowest BCUT2D eigenvalue weighted by Crippen LogP contribution is -2.32. The topological polar surface area (TPSA) is 9.23 Å². The summed E-state index contributed by atoms with van der Waals surface area (Å²) in [6.45, 7) is 3.32. The Bertz CT molecular complexity index is 314. The Morgan fingerprint density at radius 2 is 1.74 bits per heavy atom. The van der Waals surface area contributed by atoms with Gasteiger partial charge >= 0.3 is 0 Å². The van der Waals surface area contributed by atoms with Crippen molar-refractivity contribution < 1.29 is 4.74 Å². The Hall–Kier alpha value is 0.400. The lowest BCUT2D eigenvalue weighted by molar-refractivity contribution is -0.0490. The van der Waals surface area contributed by atoms with E-state index in [2.05, 4.69) is 30.4 Å². The van der Waals surface area contributed by atoms with Crippen molar-refractivity contribution in [2.24, 2.45) is 11.8 Å². The molecule has 3 aliphatic rings. The van der Waals surface area contributed by atoms with Crippen LogP contribution in [0.3, 0.4) is 0 Å². The molecule has 2 atom stereocenters. The van der Waals surface area contributed by atoms with Gasteiger partial charge in [0, 0.05) is 10.8 Å². The molecule has 0 aromatic carbocycles. The molecule has 0 radical (unpaired) electrons. The number of ether oxygens (including phenoxy) is 1. The van der Waals surface area contributed by atoms with E-state index in [1.165, 1.54) is 56.5 Å². The minimum atomic E-state index is 0.578. The third-order valence-electron chi connectivity index (χ3n) is 4.74. The summed E-state index contributed by atoms with van der Waals surface area (Å²) in [6.07, 6.45) is 10.1. The van der Waals surface area contributed by atoms with Gasteiger partial charge in [0.2, 0.25) is 0 Å². The van der Waals surface area contributed by atoms with E-state index in [-0.39, 0.29) is 0 Å². The van der Waals surface area contributed by atoms with Gasteiger partial charge in [-0.15, -0.1) is 23.5 Å². The minimum Gasteiger partial charge on any atom is -0.378 e. The number of hydrogen-bond acceptors (Lipinski definition) is 3. The summed E-state index contributed by atoms with van der Waals surface area (Å²) in [5.41, 5.74) is 1.77. The van der Waals surface area contributed by atoms with Gasteiger partial charge in [0.25, 0.3) is 0 Å². The third kappa shape index (κ3) is 3.74. The lowest BCUT2D eigenvalue weighted by atomic mass is 9.80. The molecule has 2 unspecified atom stereocenters. The second-order valence-corrected chi connectivity index (χ2v) is 8.80. The van der Waals surface area contributed by atoms with Crippen LogP contribution in [0.25, 0.3) is 0 Å². The molecular formula is C16H26OS2. The zero-order valence-corrected chi connectivity index (χ0v) is 13.7. The molecule has 3 fully saturated rings. The molecule has 3 heteroatoms. The summed E-state index contributed by atoms with van der Waals surface area (Å²) in [4.78, 5) is 0. The Labute approximate surface area is 126 Å². The Morgan fingerprint density at radius 3 is 2.37 bits per heavy atom. The molecule has 2 aliphatic heterocycles. The van der Waals surface area contributed by atoms with E-state index >= 15 is 0 Å². The highest BCUT2D eigenvalue weighted by Crippen LogP contribution is 2.44. The van der Waals surface area contributed by atoms with Crippen LogP contribution in [-0.2, 0) is 4.74 Å². The van der Waals surface area contributed by atoms with Gasteiger partial charge in [0.1, 0.15) is 0 Å².